The first-order chi connectivity index (χ1) is 8.78. The van der Waals surface area contributed by atoms with Crippen molar-refractivity contribution >= 4 is 0 Å². The number of benzene rings is 1. The van der Waals surface area contributed by atoms with Crippen molar-refractivity contribution in [1.82, 2.24) is 0 Å². The Morgan fingerprint density at radius 2 is 1.83 bits per heavy atom. The summed E-state index contributed by atoms with van der Waals surface area (Å²) in [4.78, 5) is 0. The van der Waals surface area contributed by atoms with Crippen molar-refractivity contribution in [3.8, 4) is 11.5 Å². The summed E-state index contributed by atoms with van der Waals surface area (Å²) in [6.07, 6.45) is 2.50. The molecule has 2 heterocycles. The first-order valence-corrected chi connectivity index (χ1v) is 6.48. The second-order valence-corrected chi connectivity index (χ2v) is 4.90. The Labute approximate surface area is 106 Å². The molecule has 0 amide bonds. The predicted molar refractivity (Wildman–Crippen MR) is 66.0 cm³/mol. The van der Waals surface area contributed by atoms with Gasteiger partial charge in [-0.25, -0.2) is 0 Å². The number of aliphatic hydroxyl groups is 1. The smallest absolute Gasteiger partial charge is 0.161 e. The van der Waals surface area contributed by atoms with Gasteiger partial charge in [-0.15, -0.1) is 0 Å². The summed E-state index contributed by atoms with van der Waals surface area (Å²) >= 11 is 0. The molecule has 2 aliphatic heterocycles. The Morgan fingerprint density at radius 3 is 2.61 bits per heavy atom. The molecule has 1 unspecified atom stereocenters. The van der Waals surface area contributed by atoms with Crippen molar-refractivity contribution < 1.29 is 19.3 Å². The Hall–Kier alpha value is -1.26. The van der Waals surface area contributed by atoms with E-state index in [9.17, 15) is 5.11 Å². The van der Waals surface area contributed by atoms with Gasteiger partial charge < -0.3 is 19.3 Å². The molecule has 1 atom stereocenters. The quantitative estimate of drug-likeness (QED) is 0.826. The number of ether oxygens (including phenoxy) is 3. The maximum Gasteiger partial charge on any atom is 0.161 e. The predicted octanol–water partition coefficient (Wildman–Crippen LogP) is 1.85. The van der Waals surface area contributed by atoms with Gasteiger partial charge in [0, 0.05) is 13.0 Å². The number of fused-ring (bicyclic) bond motifs is 1. The van der Waals surface area contributed by atoms with Gasteiger partial charge in [0.25, 0.3) is 0 Å². The molecule has 0 aromatic heterocycles. The molecule has 4 heteroatoms. The van der Waals surface area contributed by atoms with Gasteiger partial charge >= 0.3 is 0 Å². The van der Waals surface area contributed by atoms with Crippen LogP contribution in [0.2, 0.25) is 0 Å². The monoisotopic (exact) mass is 250 g/mol. The number of hydrogen-bond acceptors (Lipinski definition) is 4. The SMILES string of the molecule is OC1(c2ccc3c(c2)OCCCO3)CCCOC1. The normalized spacial score (nSPS) is 27.6. The lowest BCUT2D eigenvalue weighted by Gasteiger charge is -2.32. The summed E-state index contributed by atoms with van der Waals surface area (Å²) in [5.41, 5.74) is -0.0328. The molecule has 4 nitrogen and oxygen atoms in total. The van der Waals surface area contributed by atoms with Crippen LogP contribution in [0, 0.1) is 0 Å². The van der Waals surface area contributed by atoms with Crippen LogP contribution in [0.15, 0.2) is 18.2 Å². The van der Waals surface area contributed by atoms with Crippen LogP contribution >= 0.6 is 0 Å². The van der Waals surface area contributed by atoms with Crippen LogP contribution in [-0.4, -0.2) is 31.5 Å². The molecule has 2 aliphatic rings. The van der Waals surface area contributed by atoms with Crippen LogP contribution in [0.4, 0.5) is 0 Å². The Morgan fingerprint density at radius 1 is 1.00 bits per heavy atom. The molecule has 18 heavy (non-hydrogen) atoms. The molecular formula is C14H18O4. The first-order valence-electron chi connectivity index (χ1n) is 6.48. The lowest BCUT2D eigenvalue weighted by Crippen LogP contribution is -2.35. The summed E-state index contributed by atoms with van der Waals surface area (Å²) in [5, 5.41) is 10.6. The maximum atomic E-state index is 10.6. The molecule has 1 aromatic carbocycles. The van der Waals surface area contributed by atoms with E-state index in [-0.39, 0.29) is 0 Å². The average Bonchev–Trinajstić information content (AvgIpc) is 2.64. The van der Waals surface area contributed by atoms with Crippen LogP contribution in [0.3, 0.4) is 0 Å². The molecule has 3 rings (SSSR count). The zero-order chi connectivity index (χ0) is 12.4. The van der Waals surface area contributed by atoms with Gasteiger partial charge in [0.15, 0.2) is 11.5 Å². The largest absolute Gasteiger partial charge is 0.490 e. The van der Waals surface area contributed by atoms with E-state index in [1.807, 2.05) is 18.2 Å². The third-order valence-corrected chi connectivity index (χ3v) is 3.50. The van der Waals surface area contributed by atoms with Crippen molar-refractivity contribution in [1.29, 1.82) is 0 Å². The summed E-state index contributed by atoms with van der Waals surface area (Å²) < 4.78 is 16.6. The number of rotatable bonds is 1. The van der Waals surface area contributed by atoms with Gasteiger partial charge in [-0.2, -0.15) is 0 Å². The highest BCUT2D eigenvalue weighted by atomic mass is 16.5. The highest BCUT2D eigenvalue weighted by molar-refractivity contribution is 5.45. The first kappa shape index (κ1) is 11.8. The lowest BCUT2D eigenvalue weighted by molar-refractivity contribution is -0.0903. The van der Waals surface area contributed by atoms with Crippen molar-refractivity contribution in [2.24, 2.45) is 0 Å². The average molecular weight is 250 g/mol. The van der Waals surface area contributed by atoms with Crippen LogP contribution < -0.4 is 9.47 Å². The van der Waals surface area contributed by atoms with Crippen molar-refractivity contribution in [3.05, 3.63) is 23.8 Å². The minimum Gasteiger partial charge on any atom is -0.490 e. The second-order valence-electron chi connectivity index (χ2n) is 4.90. The molecule has 1 saturated heterocycles. The zero-order valence-corrected chi connectivity index (χ0v) is 10.4. The molecule has 1 fully saturated rings. The van der Waals surface area contributed by atoms with E-state index in [4.69, 9.17) is 14.2 Å². The third kappa shape index (κ3) is 2.18. The van der Waals surface area contributed by atoms with Crippen LogP contribution in [0.25, 0.3) is 0 Å². The van der Waals surface area contributed by atoms with Crippen LogP contribution in [0.1, 0.15) is 24.8 Å². The topological polar surface area (TPSA) is 47.9 Å². The lowest BCUT2D eigenvalue weighted by atomic mass is 9.88. The minimum atomic E-state index is -0.886. The Kier molecular flexibility index (Phi) is 3.14. The van der Waals surface area contributed by atoms with Gasteiger partial charge in [0.2, 0.25) is 0 Å². The van der Waals surface area contributed by atoms with E-state index in [0.717, 1.165) is 42.9 Å². The van der Waals surface area contributed by atoms with Crippen molar-refractivity contribution in [3.63, 3.8) is 0 Å². The highest BCUT2D eigenvalue weighted by Crippen LogP contribution is 2.37. The highest BCUT2D eigenvalue weighted by Gasteiger charge is 2.33. The van der Waals surface area contributed by atoms with E-state index in [1.54, 1.807) is 0 Å². The third-order valence-electron chi connectivity index (χ3n) is 3.50. The Bertz CT molecular complexity index is 424. The zero-order valence-electron chi connectivity index (χ0n) is 10.4. The van der Waals surface area contributed by atoms with E-state index in [0.29, 0.717) is 19.8 Å². The van der Waals surface area contributed by atoms with Crippen LogP contribution in [-0.2, 0) is 10.3 Å². The molecule has 0 saturated carbocycles. The van der Waals surface area contributed by atoms with E-state index < -0.39 is 5.60 Å². The minimum absolute atomic E-state index is 0.354. The molecule has 98 valence electrons. The van der Waals surface area contributed by atoms with Crippen molar-refractivity contribution in [2.45, 2.75) is 24.9 Å². The molecular weight excluding hydrogens is 232 g/mol. The second kappa shape index (κ2) is 4.78. The summed E-state index contributed by atoms with van der Waals surface area (Å²) in [6.45, 7) is 2.42. The molecule has 0 bridgehead atoms. The summed E-state index contributed by atoms with van der Waals surface area (Å²) in [5.74, 6) is 1.49. The van der Waals surface area contributed by atoms with Gasteiger partial charge in [0.1, 0.15) is 5.60 Å². The maximum absolute atomic E-state index is 10.6. The van der Waals surface area contributed by atoms with E-state index in [2.05, 4.69) is 0 Å². The fourth-order valence-corrected chi connectivity index (χ4v) is 2.46. The van der Waals surface area contributed by atoms with Gasteiger partial charge in [-0.05, 0) is 30.5 Å². The van der Waals surface area contributed by atoms with Crippen LogP contribution in [0.5, 0.6) is 11.5 Å². The van der Waals surface area contributed by atoms with E-state index in [1.165, 1.54) is 0 Å². The molecule has 0 spiro atoms. The van der Waals surface area contributed by atoms with Gasteiger partial charge in [-0.3, -0.25) is 0 Å². The number of hydrogen-bond donors (Lipinski definition) is 1. The fraction of sp³-hybridized carbons (Fsp3) is 0.571. The molecule has 1 aromatic rings. The van der Waals surface area contributed by atoms with E-state index >= 15 is 0 Å². The molecule has 0 radical (unpaired) electrons. The standard InChI is InChI=1S/C14H18O4/c15-14(5-1-6-16-10-14)11-3-4-12-13(9-11)18-8-2-7-17-12/h3-4,9,15H,1-2,5-8,10H2. The van der Waals surface area contributed by atoms with Gasteiger partial charge in [0.05, 0.1) is 19.8 Å². The Balaban J connectivity index is 1.91. The van der Waals surface area contributed by atoms with Crippen molar-refractivity contribution in [2.75, 3.05) is 26.4 Å². The molecule has 0 aliphatic carbocycles. The molecule has 1 N–H and O–H groups in total. The fourth-order valence-electron chi connectivity index (χ4n) is 2.46. The summed E-state index contributed by atoms with van der Waals surface area (Å²) in [6, 6.07) is 5.67. The summed E-state index contributed by atoms with van der Waals surface area (Å²) in [7, 11) is 0. The van der Waals surface area contributed by atoms with Gasteiger partial charge in [-0.1, -0.05) is 6.07 Å².